The lowest BCUT2D eigenvalue weighted by atomic mass is 9.51. The molecule has 1 aromatic carbocycles. The van der Waals surface area contributed by atoms with Gasteiger partial charge in [-0.25, -0.2) is 0 Å². The number of hydrogen-bond donors (Lipinski definition) is 1. The summed E-state index contributed by atoms with van der Waals surface area (Å²) < 4.78 is 5.73. The molecule has 6 rings (SSSR count). The fourth-order valence-corrected chi connectivity index (χ4v) is 5.22. The summed E-state index contributed by atoms with van der Waals surface area (Å²) in [6.07, 6.45) is 9.44. The summed E-state index contributed by atoms with van der Waals surface area (Å²) >= 11 is 0. The van der Waals surface area contributed by atoms with Gasteiger partial charge in [-0.15, -0.1) is 0 Å². The quantitative estimate of drug-likeness (QED) is 0.818. The van der Waals surface area contributed by atoms with Crippen LogP contribution in [0.1, 0.15) is 81.5 Å². The minimum Gasteiger partial charge on any atom is -0.382 e. The van der Waals surface area contributed by atoms with E-state index in [1.807, 2.05) is 18.2 Å². The van der Waals surface area contributed by atoms with E-state index in [-0.39, 0.29) is 5.41 Å². The maximum absolute atomic E-state index is 9.13. The van der Waals surface area contributed by atoms with Gasteiger partial charge in [0.15, 0.2) is 5.82 Å². The van der Waals surface area contributed by atoms with Crippen molar-refractivity contribution in [1.82, 2.24) is 10.1 Å². The molecule has 4 aliphatic rings. The molecule has 5 nitrogen and oxygen atoms in total. The van der Waals surface area contributed by atoms with E-state index in [1.165, 1.54) is 32.1 Å². The molecule has 5 heteroatoms. The molecule has 1 heterocycles. The predicted octanol–water partition coefficient (Wildman–Crippen LogP) is 4.91. The second-order valence-electron chi connectivity index (χ2n) is 8.93. The predicted molar refractivity (Wildman–Crippen MR) is 102 cm³/mol. The standard InChI is InChI=1S/C22H26N4O/c1-15(24-18-4-2-3-16(13-18)14-23)21-7-10-22(11-8-21,12-9-21)20-25-19(26-27-20)17-5-6-17/h2-4,13,15,17,24H,5-12H2,1H3. The minimum atomic E-state index is 0.113. The van der Waals surface area contributed by atoms with Crippen LogP contribution in [0.2, 0.25) is 0 Å². The molecular weight excluding hydrogens is 336 g/mol. The molecule has 1 N–H and O–H groups in total. The highest BCUT2D eigenvalue weighted by molar-refractivity contribution is 5.50. The molecule has 0 aliphatic heterocycles. The third-order valence-corrected chi connectivity index (χ3v) is 7.44. The van der Waals surface area contributed by atoms with Gasteiger partial charge >= 0.3 is 0 Å². The van der Waals surface area contributed by atoms with Crippen LogP contribution in [0.3, 0.4) is 0 Å². The van der Waals surface area contributed by atoms with Gasteiger partial charge in [0.1, 0.15) is 0 Å². The maximum Gasteiger partial charge on any atom is 0.232 e. The Bertz CT molecular complexity index is 867. The lowest BCUT2D eigenvalue weighted by Gasteiger charge is -2.54. The molecule has 140 valence electrons. The third-order valence-electron chi connectivity index (χ3n) is 7.44. The van der Waals surface area contributed by atoms with Gasteiger partial charge in [-0.3, -0.25) is 0 Å². The van der Waals surface area contributed by atoms with E-state index in [1.54, 1.807) is 0 Å². The Hall–Kier alpha value is -2.35. The van der Waals surface area contributed by atoms with E-state index in [0.29, 0.717) is 22.9 Å². The van der Waals surface area contributed by atoms with Crippen LogP contribution in [0.25, 0.3) is 0 Å². The Balaban J connectivity index is 1.30. The molecule has 4 saturated carbocycles. The first-order chi connectivity index (χ1) is 13.1. The summed E-state index contributed by atoms with van der Waals surface area (Å²) in [5.74, 6) is 2.40. The van der Waals surface area contributed by atoms with Crippen LogP contribution in [0, 0.1) is 16.7 Å². The lowest BCUT2D eigenvalue weighted by molar-refractivity contribution is 0.0126. The summed E-state index contributed by atoms with van der Waals surface area (Å²) in [6, 6.07) is 10.4. The van der Waals surface area contributed by atoms with E-state index in [0.717, 1.165) is 36.7 Å². The molecule has 1 atom stereocenters. The van der Waals surface area contributed by atoms with Crippen LogP contribution in [-0.2, 0) is 5.41 Å². The van der Waals surface area contributed by atoms with Crippen molar-refractivity contribution in [3.63, 3.8) is 0 Å². The van der Waals surface area contributed by atoms with Gasteiger partial charge in [-0.2, -0.15) is 10.2 Å². The topological polar surface area (TPSA) is 74.7 Å². The first-order valence-corrected chi connectivity index (χ1v) is 10.2. The Morgan fingerprint density at radius 3 is 2.59 bits per heavy atom. The van der Waals surface area contributed by atoms with E-state index >= 15 is 0 Å². The largest absolute Gasteiger partial charge is 0.382 e. The molecule has 4 fully saturated rings. The number of aromatic nitrogens is 2. The zero-order chi connectivity index (χ0) is 18.5. The fraction of sp³-hybridized carbons (Fsp3) is 0.591. The highest BCUT2D eigenvalue weighted by Crippen LogP contribution is 2.59. The number of hydrogen-bond acceptors (Lipinski definition) is 5. The van der Waals surface area contributed by atoms with Gasteiger partial charge in [0.05, 0.1) is 11.6 Å². The molecule has 2 aromatic rings. The molecule has 0 amide bonds. The molecule has 27 heavy (non-hydrogen) atoms. The highest BCUT2D eigenvalue weighted by atomic mass is 16.5. The van der Waals surface area contributed by atoms with Gasteiger partial charge in [0, 0.05) is 23.1 Å². The first kappa shape index (κ1) is 16.8. The summed E-state index contributed by atoms with van der Waals surface area (Å²) in [6.45, 7) is 2.30. The first-order valence-electron chi connectivity index (χ1n) is 10.2. The van der Waals surface area contributed by atoms with Crippen LogP contribution in [-0.4, -0.2) is 16.2 Å². The molecule has 0 spiro atoms. The van der Waals surface area contributed by atoms with Crippen molar-refractivity contribution in [3.05, 3.63) is 41.5 Å². The summed E-state index contributed by atoms with van der Waals surface area (Å²) in [5.41, 5.74) is 2.19. The van der Waals surface area contributed by atoms with Crippen LogP contribution >= 0.6 is 0 Å². The second kappa shape index (κ2) is 6.09. The van der Waals surface area contributed by atoms with Crippen LogP contribution in [0.15, 0.2) is 28.8 Å². The smallest absolute Gasteiger partial charge is 0.232 e. The number of anilines is 1. The Kier molecular flexibility index (Phi) is 3.79. The van der Waals surface area contributed by atoms with E-state index in [2.05, 4.69) is 29.5 Å². The van der Waals surface area contributed by atoms with E-state index < -0.39 is 0 Å². The van der Waals surface area contributed by atoms with Gasteiger partial charge in [0.2, 0.25) is 5.89 Å². The number of nitrogens with one attached hydrogen (secondary N) is 1. The number of benzene rings is 1. The van der Waals surface area contributed by atoms with Gasteiger partial charge in [0.25, 0.3) is 0 Å². The number of fused-ring (bicyclic) bond motifs is 3. The third kappa shape index (κ3) is 2.82. The number of nitrogens with zero attached hydrogens (tertiary/aromatic N) is 3. The number of rotatable bonds is 5. The monoisotopic (exact) mass is 362 g/mol. The molecule has 0 saturated heterocycles. The molecule has 0 radical (unpaired) electrons. The minimum absolute atomic E-state index is 0.113. The van der Waals surface area contributed by atoms with Gasteiger partial charge in [-0.1, -0.05) is 11.2 Å². The Labute approximate surface area is 160 Å². The van der Waals surface area contributed by atoms with Crippen molar-refractivity contribution in [1.29, 1.82) is 5.26 Å². The Morgan fingerprint density at radius 1 is 1.19 bits per heavy atom. The SMILES string of the molecule is CC(Nc1cccc(C#N)c1)C12CCC(c3nc(C4CC4)no3)(CC1)CC2. The molecule has 1 aromatic heterocycles. The molecular formula is C22H26N4O. The second-order valence-corrected chi connectivity index (χ2v) is 8.93. The van der Waals surface area contributed by atoms with Crippen LogP contribution in [0.4, 0.5) is 5.69 Å². The van der Waals surface area contributed by atoms with E-state index in [4.69, 9.17) is 14.8 Å². The summed E-state index contributed by atoms with van der Waals surface area (Å²) in [5, 5.41) is 17.1. The van der Waals surface area contributed by atoms with Crippen LogP contribution in [0.5, 0.6) is 0 Å². The van der Waals surface area contributed by atoms with Crippen molar-refractivity contribution >= 4 is 5.69 Å². The average molecular weight is 362 g/mol. The van der Waals surface area contributed by atoms with Crippen molar-refractivity contribution in [3.8, 4) is 6.07 Å². The number of nitriles is 1. The lowest BCUT2D eigenvalue weighted by Crippen LogP contribution is -2.51. The van der Waals surface area contributed by atoms with Crippen molar-refractivity contribution in [2.75, 3.05) is 5.32 Å². The molecule has 1 unspecified atom stereocenters. The zero-order valence-corrected chi connectivity index (χ0v) is 15.9. The van der Waals surface area contributed by atoms with Crippen molar-refractivity contribution < 1.29 is 4.52 Å². The maximum atomic E-state index is 9.13. The van der Waals surface area contributed by atoms with Gasteiger partial charge < -0.3 is 9.84 Å². The summed E-state index contributed by atoms with van der Waals surface area (Å²) in [4.78, 5) is 4.79. The molecule has 4 aliphatic carbocycles. The highest BCUT2D eigenvalue weighted by Gasteiger charge is 2.54. The Morgan fingerprint density at radius 2 is 1.93 bits per heavy atom. The molecule has 2 bridgehead atoms. The summed E-state index contributed by atoms with van der Waals surface area (Å²) in [7, 11) is 0. The average Bonchev–Trinajstić information content (AvgIpc) is 3.45. The van der Waals surface area contributed by atoms with Crippen molar-refractivity contribution in [2.24, 2.45) is 5.41 Å². The van der Waals surface area contributed by atoms with Gasteiger partial charge in [-0.05, 0) is 81.9 Å². The fourth-order valence-electron chi connectivity index (χ4n) is 5.22. The van der Waals surface area contributed by atoms with Crippen LogP contribution < -0.4 is 5.32 Å². The normalized spacial score (nSPS) is 30.7. The van der Waals surface area contributed by atoms with E-state index in [9.17, 15) is 0 Å². The van der Waals surface area contributed by atoms with Crippen molar-refractivity contribution in [2.45, 2.75) is 75.7 Å². The zero-order valence-electron chi connectivity index (χ0n) is 15.9.